The molecule has 2 N–H and O–H groups in total. The van der Waals surface area contributed by atoms with Crippen molar-refractivity contribution >= 4 is 39.9 Å². The summed E-state index contributed by atoms with van der Waals surface area (Å²) in [7, 11) is 0. The molecule has 126 valence electrons. The minimum atomic E-state index is -0.834. The summed E-state index contributed by atoms with van der Waals surface area (Å²) in [4.78, 5) is 34.5. The van der Waals surface area contributed by atoms with Crippen molar-refractivity contribution < 1.29 is 18.8 Å². The molecule has 0 aliphatic carbocycles. The molecular weight excluding hydrogens is 391 g/mol. The number of carbonyl (C=O) groups excluding carboxylic acids is 3. The molecule has 2 aromatic rings. The van der Waals surface area contributed by atoms with Crippen LogP contribution in [0.5, 0.6) is 0 Å². The van der Waals surface area contributed by atoms with Crippen LogP contribution in [0.1, 0.15) is 16.7 Å². The van der Waals surface area contributed by atoms with E-state index in [4.69, 9.17) is 0 Å². The van der Waals surface area contributed by atoms with Crippen molar-refractivity contribution in [3.05, 3.63) is 75.0 Å². The zero-order chi connectivity index (χ0) is 18.0. The first-order chi connectivity index (χ1) is 11.9. The van der Waals surface area contributed by atoms with Crippen molar-refractivity contribution in [3.63, 3.8) is 0 Å². The normalized spacial score (nSPS) is 14.2. The van der Waals surface area contributed by atoms with E-state index >= 15 is 0 Å². The lowest BCUT2D eigenvalue weighted by molar-refractivity contribution is -0.123. The van der Waals surface area contributed by atoms with Crippen molar-refractivity contribution in [3.8, 4) is 0 Å². The summed E-state index contributed by atoms with van der Waals surface area (Å²) in [6.45, 7) is 0. The van der Waals surface area contributed by atoms with E-state index in [1.807, 2.05) is 22.8 Å². The van der Waals surface area contributed by atoms with Gasteiger partial charge in [0.1, 0.15) is 11.4 Å². The molecule has 1 heterocycles. The van der Waals surface area contributed by atoms with Crippen LogP contribution in [0.2, 0.25) is 0 Å². The SMILES string of the molecule is O=C1NC(=O)C(=Cc2ccc(Cc3cccc(F)c3)c(Br)c2)C(=O)N1. The van der Waals surface area contributed by atoms with Crippen LogP contribution in [0.25, 0.3) is 6.08 Å². The summed E-state index contributed by atoms with van der Waals surface area (Å²) in [5.74, 6) is -1.78. The van der Waals surface area contributed by atoms with Gasteiger partial charge >= 0.3 is 6.03 Å². The molecule has 4 amide bonds. The topological polar surface area (TPSA) is 75.3 Å². The maximum Gasteiger partial charge on any atom is 0.328 e. The number of halogens is 2. The lowest BCUT2D eigenvalue weighted by Gasteiger charge is -2.14. The van der Waals surface area contributed by atoms with Gasteiger partial charge in [0.05, 0.1) is 0 Å². The number of hydrogen-bond donors (Lipinski definition) is 2. The van der Waals surface area contributed by atoms with Gasteiger partial charge in [-0.1, -0.05) is 40.2 Å². The largest absolute Gasteiger partial charge is 0.328 e. The Hall–Kier alpha value is -2.80. The monoisotopic (exact) mass is 402 g/mol. The Bertz CT molecular complexity index is 902. The van der Waals surface area contributed by atoms with Crippen molar-refractivity contribution in [1.29, 1.82) is 0 Å². The lowest BCUT2D eigenvalue weighted by atomic mass is 10.0. The van der Waals surface area contributed by atoms with Gasteiger partial charge in [0, 0.05) is 4.47 Å². The maximum absolute atomic E-state index is 13.3. The van der Waals surface area contributed by atoms with Crippen LogP contribution in [-0.2, 0) is 16.0 Å². The predicted octanol–water partition coefficient (Wildman–Crippen LogP) is 2.93. The minimum absolute atomic E-state index is 0.149. The molecule has 0 unspecified atom stereocenters. The smallest absolute Gasteiger partial charge is 0.273 e. The zero-order valence-electron chi connectivity index (χ0n) is 12.8. The van der Waals surface area contributed by atoms with Crippen molar-refractivity contribution in [2.24, 2.45) is 0 Å². The summed E-state index contributed by atoms with van der Waals surface area (Å²) >= 11 is 3.45. The molecule has 2 aromatic carbocycles. The highest BCUT2D eigenvalue weighted by Crippen LogP contribution is 2.23. The molecule has 0 saturated carbocycles. The Morgan fingerprint density at radius 3 is 2.36 bits per heavy atom. The minimum Gasteiger partial charge on any atom is -0.273 e. The fourth-order valence-electron chi connectivity index (χ4n) is 2.44. The summed E-state index contributed by atoms with van der Waals surface area (Å²) in [6.07, 6.45) is 1.93. The quantitative estimate of drug-likeness (QED) is 0.612. The van der Waals surface area contributed by atoms with Gasteiger partial charge in [-0.2, -0.15) is 0 Å². The molecule has 0 spiro atoms. The zero-order valence-corrected chi connectivity index (χ0v) is 14.4. The van der Waals surface area contributed by atoms with E-state index in [0.29, 0.717) is 12.0 Å². The Kier molecular flexibility index (Phi) is 4.76. The predicted molar refractivity (Wildman–Crippen MR) is 93.0 cm³/mol. The molecule has 3 rings (SSSR count). The molecule has 1 fully saturated rings. The first-order valence-corrected chi connectivity index (χ1v) is 8.13. The van der Waals surface area contributed by atoms with Crippen LogP contribution in [0.15, 0.2) is 52.5 Å². The van der Waals surface area contributed by atoms with Crippen molar-refractivity contribution in [2.75, 3.05) is 0 Å². The van der Waals surface area contributed by atoms with E-state index in [1.165, 1.54) is 18.2 Å². The highest BCUT2D eigenvalue weighted by Gasteiger charge is 2.27. The Balaban J connectivity index is 1.84. The number of benzene rings is 2. The van der Waals surface area contributed by atoms with E-state index in [1.54, 1.807) is 18.2 Å². The van der Waals surface area contributed by atoms with Gasteiger partial charge in [0.15, 0.2) is 0 Å². The van der Waals surface area contributed by atoms with Crippen LogP contribution in [0.4, 0.5) is 9.18 Å². The number of rotatable bonds is 3. The number of carbonyl (C=O) groups is 3. The van der Waals surface area contributed by atoms with E-state index in [2.05, 4.69) is 15.9 Å². The fraction of sp³-hybridized carbons (Fsp3) is 0.0556. The highest BCUT2D eigenvalue weighted by molar-refractivity contribution is 9.10. The van der Waals surface area contributed by atoms with Crippen LogP contribution in [0.3, 0.4) is 0 Å². The average Bonchev–Trinajstić information content (AvgIpc) is 2.53. The average molecular weight is 403 g/mol. The van der Waals surface area contributed by atoms with Crippen LogP contribution < -0.4 is 10.6 Å². The van der Waals surface area contributed by atoms with E-state index in [9.17, 15) is 18.8 Å². The van der Waals surface area contributed by atoms with E-state index in [-0.39, 0.29) is 11.4 Å². The number of barbiturate groups is 1. The summed E-state index contributed by atoms with van der Waals surface area (Å²) in [6, 6.07) is 10.8. The van der Waals surface area contributed by atoms with Gasteiger partial charge in [-0.05, 0) is 47.4 Å². The van der Waals surface area contributed by atoms with Gasteiger partial charge in [-0.15, -0.1) is 0 Å². The first-order valence-electron chi connectivity index (χ1n) is 7.33. The third kappa shape index (κ3) is 4.00. The number of hydrogen-bond acceptors (Lipinski definition) is 3. The van der Waals surface area contributed by atoms with Gasteiger partial charge in [-0.25, -0.2) is 9.18 Å². The van der Waals surface area contributed by atoms with Crippen molar-refractivity contribution in [1.82, 2.24) is 10.6 Å². The van der Waals surface area contributed by atoms with Gasteiger partial charge in [0.25, 0.3) is 11.8 Å². The Morgan fingerprint density at radius 1 is 1.00 bits per heavy atom. The molecule has 25 heavy (non-hydrogen) atoms. The molecule has 5 nitrogen and oxygen atoms in total. The third-order valence-corrected chi connectivity index (χ3v) is 4.35. The molecule has 1 aliphatic rings. The molecule has 0 radical (unpaired) electrons. The number of amides is 4. The van der Waals surface area contributed by atoms with Crippen LogP contribution in [-0.4, -0.2) is 17.8 Å². The molecule has 1 saturated heterocycles. The second-order valence-electron chi connectivity index (χ2n) is 5.45. The summed E-state index contributed by atoms with van der Waals surface area (Å²) in [5.41, 5.74) is 2.23. The standard InChI is InChI=1S/C18H12BrFN2O3/c19-15-9-11(8-14-16(23)21-18(25)22-17(14)24)4-5-12(15)6-10-2-1-3-13(20)7-10/h1-5,7-9H,6H2,(H2,21,22,23,24,25). The fourth-order valence-corrected chi connectivity index (χ4v) is 2.97. The van der Waals surface area contributed by atoms with E-state index in [0.717, 1.165) is 15.6 Å². The second kappa shape index (κ2) is 6.98. The van der Waals surface area contributed by atoms with Gasteiger partial charge in [-0.3, -0.25) is 20.2 Å². The Labute approximate surface area is 151 Å². The lowest BCUT2D eigenvalue weighted by Crippen LogP contribution is -2.51. The van der Waals surface area contributed by atoms with Gasteiger partial charge < -0.3 is 0 Å². The molecule has 0 bridgehead atoms. The van der Waals surface area contributed by atoms with Crippen LogP contribution >= 0.6 is 15.9 Å². The van der Waals surface area contributed by atoms with Crippen molar-refractivity contribution in [2.45, 2.75) is 6.42 Å². The molecule has 0 atom stereocenters. The number of urea groups is 1. The molecule has 7 heteroatoms. The molecule has 0 aromatic heterocycles. The van der Waals surface area contributed by atoms with E-state index < -0.39 is 17.8 Å². The number of nitrogens with one attached hydrogen (secondary N) is 2. The van der Waals surface area contributed by atoms with Gasteiger partial charge in [0.2, 0.25) is 0 Å². The summed E-state index contributed by atoms with van der Waals surface area (Å²) < 4.78 is 14.0. The first kappa shape index (κ1) is 17.0. The second-order valence-corrected chi connectivity index (χ2v) is 6.31. The van der Waals surface area contributed by atoms with Crippen LogP contribution in [0, 0.1) is 5.82 Å². The third-order valence-electron chi connectivity index (χ3n) is 3.62. The molecule has 1 aliphatic heterocycles. The maximum atomic E-state index is 13.3. The number of imide groups is 2. The molecular formula is C18H12BrFN2O3. The Morgan fingerprint density at radius 2 is 1.72 bits per heavy atom. The summed E-state index contributed by atoms with van der Waals surface area (Å²) in [5, 5.41) is 4.04. The highest BCUT2D eigenvalue weighted by atomic mass is 79.9.